The van der Waals surface area contributed by atoms with Crippen LogP contribution in [0.3, 0.4) is 0 Å². The van der Waals surface area contributed by atoms with Gasteiger partial charge in [-0.2, -0.15) is 0 Å². The summed E-state index contributed by atoms with van der Waals surface area (Å²) in [5.41, 5.74) is 3.77. The maximum atomic E-state index is 5.88. The molecule has 5 heteroatoms. The third-order valence-electron chi connectivity index (χ3n) is 4.71. The van der Waals surface area contributed by atoms with Gasteiger partial charge >= 0.3 is 0 Å². The van der Waals surface area contributed by atoms with Gasteiger partial charge in [-0.1, -0.05) is 0 Å². The quantitative estimate of drug-likeness (QED) is 0.617. The van der Waals surface area contributed by atoms with Gasteiger partial charge in [0.1, 0.15) is 0 Å². The summed E-state index contributed by atoms with van der Waals surface area (Å²) in [6.07, 6.45) is 10.4. The van der Waals surface area contributed by atoms with E-state index in [0.29, 0.717) is 12.6 Å². The van der Waals surface area contributed by atoms with Crippen molar-refractivity contribution < 1.29 is 9.15 Å². The first-order chi connectivity index (χ1) is 12.4. The number of nitrogens with zero attached hydrogens (tertiary/aromatic N) is 3. The fourth-order valence-corrected chi connectivity index (χ4v) is 3.48. The number of furan rings is 1. The summed E-state index contributed by atoms with van der Waals surface area (Å²) in [5.74, 6) is 0. The van der Waals surface area contributed by atoms with E-state index in [-0.39, 0.29) is 0 Å². The number of ether oxygens (including phenoxy) is 1. The summed E-state index contributed by atoms with van der Waals surface area (Å²) < 4.78 is 13.5. The molecule has 3 aromatic heterocycles. The fourth-order valence-electron chi connectivity index (χ4n) is 3.48. The van der Waals surface area contributed by atoms with Crippen molar-refractivity contribution in [3.63, 3.8) is 0 Å². The lowest BCUT2D eigenvalue weighted by Crippen LogP contribution is -2.36. The molecule has 130 valence electrons. The Morgan fingerprint density at radius 1 is 1.16 bits per heavy atom. The average Bonchev–Trinajstić information content (AvgIpc) is 3.31. The second kappa shape index (κ2) is 7.68. The number of pyridine rings is 1. The van der Waals surface area contributed by atoms with Gasteiger partial charge in [-0.25, -0.2) is 0 Å². The van der Waals surface area contributed by atoms with Gasteiger partial charge in [-0.3, -0.25) is 9.88 Å². The lowest BCUT2D eigenvalue weighted by Gasteiger charge is -2.35. The van der Waals surface area contributed by atoms with Crippen LogP contribution >= 0.6 is 0 Å². The highest BCUT2D eigenvalue weighted by Gasteiger charge is 2.24. The summed E-state index contributed by atoms with van der Waals surface area (Å²) in [4.78, 5) is 6.51. The van der Waals surface area contributed by atoms with Crippen LogP contribution in [0, 0.1) is 0 Å². The molecular formula is C20H23N3O2. The van der Waals surface area contributed by atoms with E-state index in [1.54, 1.807) is 18.7 Å². The molecule has 4 heterocycles. The number of hydrogen-bond acceptors (Lipinski definition) is 4. The minimum absolute atomic E-state index is 0.447. The minimum atomic E-state index is 0.447. The van der Waals surface area contributed by atoms with E-state index in [4.69, 9.17) is 9.15 Å². The molecule has 0 spiro atoms. The predicted molar refractivity (Wildman–Crippen MR) is 94.8 cm³/mol. The van der Waals surface area contributed by atoms with E-state index in [9.17, 15) is 0 Å². The van der Waals surface area contributed by atoms with Gasteiger partial charge in [0.2, 0.25) is 0 Å². The van der Waals surface area contributed by atoms with Crippen molar-refractivity contribution in [1.29, 1.82) is 0 Å². The van der Waals surface area contributed by atoms with E-state index in [0.717, 1.165) is 32.7 Å². The van der Waals surface area contributed by atoms with Gasteiger partial charge < -0.3 is 13.7 Å². The number of hydrogen-bond donors (Lipinski definition) is 0. The smallest absolute Gasteiger partial charge is 0.0947 e. The zero-order valence-electron chi connectivity index (χ0n) is 14.3. The first-order valence-corrected chi connectivity index (χ1v) is 8.74. The van der Waals surface area contributed by atoms with Crippen LogP contribution in [-0.4, -0.2) is 27.6 Å². The van der Waals surface area contributed by atoms with Gasteiger partial charge in [-0.05, 0) is 42.3 Å². The van der Waals surface area contributed by atoms with E-state index < -0.39 is 0 Å². The Bertz CT molecular complexity index is 767. The average molecular weight is 337 g/mol. The molecule has 0 fully saturated rings. The summed E-state index contributed by atoms with van der Waals surface area (Å²) in [5, 5.41) is 0. The van der Waals surface area contributed by atoms with Crippen LogP contribution in [0.4, 0.5) is 0 Å². The lowest BCUT2D eigenvalue weighted by atomic mass is 10.1. The third-order valence-corrected chi connectivity index (χ3v) is 4.71. The van der Waals surface area contributed by atoms with Gasteiger partial charge in [0, 0.05) is 62.1 Å². The van der Waals surface area contributed by atoms with Crippen LogP contribution in [0.15, 0.2) is 65.9 Å². The molecule has 0 aliphatic carbocycles. The molecule has 0 aromatic carbocycles. The molecule has 0 saturated heterocycles. The van der Waals surface area contributed by atoms with Gasteiger partial charge in [-0.15, -0.1) is 0 Å². The van der Waals surface area contributed by atoms with Crippen molar-refractivity contribution >= 4 is 0 Å². The molecule has 1 atom stereocenters. The minimum Gasteiger partial charge on any atom is -0.472 e. The molecule has 1 aliphatic heterocycles. The molecule has 25 heavy (non-hydrogen) atoms. The molecule has 0 N–H and O–H groups in total. The monoisotopic (exact) mass is 337 g/mol. The van der Waals surface area contributed by atoms with E-state index in [1.807, 2.05) is 24.5 Å². The van der Waals surface area contributed by atoms with Crippen molar-refractivity contribution in [2.75, 3.05) is 13.2 Å². The summed E-state index contributed by atoms with van der Waals surface area (Å²) in [6.45, 7) is 4.34. The number of rotatable bonds is 7. The van der Waals surface area contributed by atoms with Crippen LogP contribution in [-0.2, 0) is 24.4 Å². The molecule has 3 aromatic rings. The van der Waals surface area contributed by atoms with E-state index in [2.05, 4.69) is 32.8 Å². The molecule has 0 bridgehead atoms. The molecule has 4 rings (SSSR count). The Morgan fingerprint density at radius 2 is 2.08 bits per heavy atom. The van der Waals surface area contributed by atoms with Crippen molar-refractivity contribution in [1.82, 2.24) is 14.5 Å². The molecule has 1 aliphatic rings. The van der Waals surface area contributed by atoms with Crippen molar-refractivity contribution in [2.45, 2.75) is 32.2 Å². The van der Waals surface area contributed by atoms with Crippen molar-refractivity contribution in [3.8, 4) is 0 Å². The topological polar surface area (TPSA) is 43.4 Å². The first kappa shape index (κ1) is 16.1. The SMILES string of the molecule is c1cc2n(c1)[C@@H](CCOCc1ccncc1)CN(Cc1ccoc1)C2. The Labute approximate surface area is 147 Å². The standard InChI is InChI=1S/C20H23N3O2/c1-2-19-13-22(12-18-5-10-24-16-18)14-20(23(19)9-1)6-11-25-15-17-3-7-21-8-4-17/h1-5,7-10,16,20H,6,11-15H2/t20-/m0/s1. The van der Waals surface area contributed by atoms with E-state index in [1.165, 1.54) is 16.8 Å². The summed E-state index contributed by atoms with van der Waals surface area (Å²) in [7, 11) is 0. The van der Waals surface area contributed by atoms with Crippen LogP contribution in [0.2, 0.25) is 0 Å². The van der Waals surface area contributed by atoms with Crippen molar-refractivity contribution in [2.24, 2.45) is 0 Å². The first-order valence-electron chi connectivity index (χ1n) is 8.74. The Kier molecular flexibility index (Phi) is 4.95. The highest BCUT2D eigenvalue weighted by atomic mass is 16.5. The third kappa shape index (κ3) is 4.00. The summed E-state index contributed by atoms with van der Waals surface area (Å²) >= 11 is 0. The van der Waals surface area contributed by atoms with Gasteiger partial charge in [0.25, 0.3) is 0 Å². The van der Waals surface area contributed by atoms with Gasteiger partial charge in [0.05, 0.1) is 19.1 Å². The van der Waals surface area contributed by atoms with Crippen molar-refractivity contribution in [3.05, 3.63) is 78.3 Å². The van der Waals surface area contributed by atoms with Crippen LogP contribution in [0.1, 0.15) is 29.3 Å². The maximum Gasteiger partial charge on any atom is 0.0947 e. The number of aromatic nitrogens is 2. The molecule has 0 amide bonds. The largest absolute Gasteiger partial charge is 0.472 e. The maximum absolute atomic E-state index is 5.88. The molecule has 0 unspecified atom stereocenters. The Morgan fingerprint density at radius 3 is 2.92 bits per heavy atom. The second-order valence-electron chi connectivity index (χ2n) is 6.56. The molecular weight excluding hydrogens is 314 g/mol. The van der Waals surface area contributed by atoms with Crippen LogP contribution in [0.25, 0.3) is 0 Å². The zero-order chi connectivity index (χ0) is 16.9. The highest BCUT2D eigenvalue weighted by Crippen LogP contribution is 2.26. The molecule has 0 saturated carbocycles. The summed E-state index contributed by atoms with van der Waals surface area (Å²) in [6, 6.07) is 10.8. The number of fused-ring (bicyclic) bond motifs is 1. The molecule has 0 radical (unpaired) electrons. The normalized spacial score (nSPS) is 17.5. The van der Waals surface area contributed by atoms with Crippen LogP contribution < -0.4 is 0 Å². The Hall–Kier alpha value is -2.37. The highest BCUT2D eigenvalue weighted by molar-refractivity contribution is 5.13. The fraction of sp³-hybridized carbons (Fsp3) is 0.350. The molecule has 5 nitrogen and oxygen atoms in total. The zero-order valence-corrected chi connectivity index (χ0v) is 14.3. The van der Waals surface area contributed by atoms with Gasteiger partial charge in [0.15, 0.2) is 0 Å². The van der Waals surface area contributed by atoms with E-state index >= 15 is 0 Å². The lowest BCUT2D eigenvalue weighted by molar-refractivity contribution is 0.0910. The second-order valence-corrected chi connectivity index (χ2v) is 6.56. The Balaban J connectivity index is 1.33. The van der Waals surface area contributed by atoms with Crippen LogP contribution in [0.5, 0.6) is 0 Å². The predicted octanol–water partition coefficient (Wildman–Crippen LogP) is 3.64.